The predicted molar refractivity (Wildman–Crippen MR) is 127 cm³/mol. The zero-order valence-electron chi connectivity index (χ0n) is 18.8. The molecule has 33 heavy (non-hydrogen) atoms. The van der Waals surface area contributed by atoms with E-state index in [2.05, 4.69) is 28.3 Å². The first kappa shape index (κ1) is 21.3. The van der Waals surface area contributed by atoms with Crippen LogP contribution in [0, 0.1) is 0 Å². The number of carbonyl (C=O) groups is 1. The Balaban J connectivity index is 1.36. The number of hydrogen-bond donors (Lipinski definition) is 1. The molecular formula is C26H28N6O. The summed E-state index contributed by atoms with van der Waals surface area (Å²) in [6.07, 6.45) is 6.93. The topological polar surface area (TPSA) is 75.9 Å². The Kier molecular flexibility index (Phi) is 6.13. The van der Waals surface area contributed by atoms with Crippen molar-refractivity contribution in [3.05, 3.63) is 89.8 Å². The maximum absolute atomic E-state index is 12.8. The van der Waals surface area contributed by atoms with Gasteiger partial charge in [0.15, 0.2) is 0 Å². The molecule has 1 N–H and O–H groups in total. The SMILES string of the molecule is CN(Cc1nc2ccccc2n1CC(=O)NCc1ccccn1)C1CCCc2cccnc21. The monoisotopic (exact) mass is 440 g/mol. The molecule has 1 atom stereocenters. The minimum atomic E-state index is -0.0580. The predicted octanol–water partition coefficient (Wildman–Crippen LogP) is 3.65. The minimum absolute atomic E-state index is 0.0580. The lowest BCUT2D eigenvalue weighted by atomic mass is 9.91. The lowest BCUT2D eigenvalue weighted by Crippen LogP contribution is -2.31. The van der Waals surface area contributed by atoms with Crippen LogP contribution in [0.15, 0.2) is 67.0 Å². The fourth-order valence-electron chi connectivity index (χ4n) is 4.66. The van der Waals surface area contributed by atoms with Crippen LogP contribution < -0.4 is 5.32 Å². The summed E-state index contributed by atoms with van der Waals surface area (Å²) in [5.41, 5.74) is 5.21. The number of imidazole rings is 1. The third-order valence-corrected chi connectivity index (χ3v) is 6.32. The Bertz CT molecular complexity index is 1250. The van der Waals surface area contributed by atoms with Crippen molar-refractivity contribution in [2.24, 2.45) is 0 Å². The van der Waals surface area contributed by atoms with Crippen LogP contribution >= 0.6 is 0 Å². The summed E-state index contributed by atoms with van der Waals surface area (Å²) in [7, 11) is 2.12. The quantitative estimate of drug-likeness (QED) is 0.475. The lowest BCUT2D eigenvalue weighted by molar-refractivity contribution is -0.121. The first-order valence-corrected chi connectivity index (χ1v) is 11.4. The second-order valence-corrected chi connectivity index (χ2v) is 8.57. The normalized spacial score (nSPS) is 15.5. The fourth-order valence-corrected chi connectivity index (χ4v) is 4.66. The summed E-state index contributed by atoms with van der Waals surface area (Å²) in [5, 5.41) is 2.99. The third-order valence-electron chi connectivity index (χ3n) is 6.32. The second-order valence-electron chi connectivity index (χ2n) is 8.57. The van der Waals surface area contributed by atoms with E-state index in [1.165, 1.54) is 11.3 Å². The smallest absolute Gasteiger partial charge is 0.240 e. The number of aryl methyl sites for hydroxylation is 1. The van der Waals surface area contributed by atoms with Crippen LogP contribution in [0.4, 0.5) is 0 Å². The van der Waals surface area contributed by atoms with Gasteiger partial charge in [0.1, 0.15) is 12.4 Å². The van der Waals surface area contributed by atoms with E-state index in [1.54, 1.807) is 6.20 Å². The number of pyridine rings is 2. The Hall–Kier alpha value is -3.58. The van der Waals surface area contributed by atoms with Gasteiger partial charge in [0.2, 0.25) is 5.91 Å². The Labute approximate surface area is 193 Å². The van der Waals surface area contributed by atoms with E-state index in [4.69, 9.17) is 9.97 Å². The van der Waals surface area contributed by atoms with Gasteiger partial charge in [-0.25, -0.2) is 4.98 Å². The zero-order chi connectivity index (χ0) is 22.6. The van der Waals surface area contributed by atoms with Crippen LogP contribution in [0.3, 0.4) is 0 Å². The molecule has 1 unspecified atom stereocenters. The number of rotatable bonds is 7. The van der Waals surface area contributed by atoms with Gasteiger partial charge in [-0.2, -0.15) is 0 Å². The van der Waals surface area contributed by atoms with E-state index in [0.29, 0.717) is 13.1 Å². The van der Waals surface area contributed by atoms with Gasteiger partial charge in [0.05, 0.1) is 41.6 Å². The molecule has 0 fully saturated rings. The Morgan fingerprint density at radius 1 is 1.09 bits per heavy atom. The maximum atomic E-state index is 12.8. The molecule has 5 rings (SSSR count). The number of carbonyl (C=O) groups excluding carboxylic acids is 1. The number of benzene rings is 1. The average Bonchev–Trinajstić information content (AvgIpc) is 3.19. The van der Waals surface area contributed by atoms with Gasteiger partial charge in [-0.15, -0.1) is 0 Å². The van der Waals surface area contributed by atoms with E-state index in [9.17, 15) is 4.79 Å². The van der Waals surface area contributed by atoms with E-state index < -0.39 is 0 Å². The molecule has 168 valence electrons. The molecule has 0 spiro atoms. The van der Waals surface area contributed by atoms with Crippen molar-refractivity contribution in [2.45, 2.75) is 44.9 Å². The first-order chi connectivity index (χ1) is 16.2. The van der Waals surface area contributed by atoms with Crippen LogP contribution in [0.1, 0.15) is 41.7 Å². The largest absolute Gasteiger partial charge is 0.349 e. The van der Waals surface area contributed by atoms with E-state index in [1.807, 2.05) is 59.3 Å². The highest BCUT2D eigenvalue weighted by Gasteiger charge is 2.26. The van der Waals surface area contributed by atoms with Gasteiger partial charge in [-0.05, 0) is 62.2 Å². The molecule has 4 aromatic rings. The molecule has 3 aromatic heterocycles. The van der Waals surface area contributed by atoms with Crippen LogP contribution in [0.25, 0.3) is 11.0 Å². The first-order valence-electron chi connectivity index (χ1n) is 11.4. The number of aromatic nitrogens is 4. The van der Waals surface area contributed by atoms with Crippen molar-refractivity contribution >= 4 is 16.9 Å². The molecule has 1 aliphatic carbocycles. The molecule has 1 aromatic carbocycles. The van der Waals surface area contributed by atoms with Crippen LogP contribution in [0.5, 0.6) is 0 Å². The van der Waals surface area contributed by atoms with Gasteiger partial charge in [0, 0.05) is 12.4 Å². The number of para-hydroxylation sites is 2. The molecular weight excluding hydrogens is 412 g/mol. The molecule has 0 saturated heterocycles. The maximum Gasteiger partial charge on any atom is 0.240 e. The summed E-state index contributed by atoms with van der Waals surface area (Å²) < 4.78 is 2.03. The summed E-state index contributed by atoms with van der Waals surface area (Å²) in [6.45, 7) is 1.27. The molecule has 0 bridgehead atoms. The van der Waals surface area contributed by atoms with Crippen molar-refractivity contribution < 1.29 is 4.79 Å². The molecule has 0 aliphatic heterocycles. The number of hydrogen-bond acceptors (Lipinski definition) is 5. The van der Waals surface area contributed by atoms with Crippen molar-refractivity contribution in [2.75, 3.05) is 7.05 Å². The minimum Gasteiger partial charge on any atom is -0.349 e. The van der Waals surface area contributed by atoms with Crippen LogP contribution in [-0.4, -0.2) is 37.4 Å². The molecule has 0 radical (unpaired) electrons. The van der Waals surface area contributed by atoms with Crippen molar-refractivity contribution in [3.8, 4) is 0 Å². The molecule has 7 heteroatoms. The summed E-state index contributed by atoms with van der Waals surface area (Å²) in [5.74, 6) is 0.826. The van der Waals surface area contributed by atoms with Gasteiger partial charge >= 0.3 is 0 Å². The molecule has 0 saturated carbocycles. The van der Waals surface area contributed by atoms with E-state index in [0.717, 1.165) is 41.8 Å². The summed E-state index contributed by atoms with van der Waals surface area (Å²) >= 11 is 0. The number of nitrogens with zero attached hydrogens (tertiary/aromatic N) is 5. The standard InChI is InChI=1S/C26H28N6O/c1-31(23-13-6-8-19-9-7-15-28-26(19)23)17-24-30-21-11-2-3-12-22(21)32(24)18-25(33)29-16-20-10-4-5-14-27-20/h2-5,7,9-12,14-15,23H,6,8,13,16-18H2,1H3,(H,29,33). The molecule has 1 amide bonds. The van der Waals surface area contributed by atoms with Gasteiger partial charge in [-0.3, -0.25) is 19.7 Å². The summed E-state index contributed by atoms with van der Waals surface area (Å²) in [6, 6.07) is 18.1. The number of nitrogens with one attached hydrogen (secondary N) is 1. The van der Waals surface area contributed by atoms with Crippen molar-refractivity contribution in [1.82, 2.24) is 29.7 Å². The zero-order valence-corrected chi connectivity index (χ0v) is 18.8. The highest BCUT2D eigenvalue weighted by atomic mass is 16.1. The Morgan fingerprint density at radius 2 is 1.94 bits per heavy atom. The molecule has 1 aliphatic rings. The second kappa shape index (κ2) is 9.50. The Morgan fingerprint density at radius 3 is 2.82 bits per heavy atom. The highest BCUT2D eigenvalue weighted by molar-refractivity contribution is 5.81. The average molecular weight is 441 g/mol. The van der Waals surface area contributed by atoms with Crippen LogP contribution in [0.2, 0.25) is 0 Å². The van der Waals surface area contributed by atoms with Crippen molar-refractivity contribution in [3.63, 3.8) is 0 Å². The summed E-state index contributed by atoms with van der Waals surface area (Å²) in [4.78, 5) is 29.0. The highest BCUT2D eigenvalue weighted by Crippen LogP contribution is 2.33. The van der Waals surface area contributed by atoms with Gasteiger partial charge in [-0.1, -0.05) is 24.3 Å². The van der Waals surface area contributed by atoms with Crippen LogP contribution in [-0.2, 0) is 30.8 Å². The number of fused-ring (bicyclic) bond motifs is 2. The fraction of sp³-hybridized carbons (Fsp3) is 0.308. The molecule has 7 nitrogen and oxygen atoms in total. The van der Waals surface area contributed by atoms with E-state index in [-0.39, 0.29) is 18.5 Å². The van der Waals surface area contributed by atoms with E-state index >= 15 is 0 Å². The van der Waals surface area contributed by atoms with Gasteiger partial charge < -0.3 is 9.88 Å². The number of amides is 1. The van der Waals surface area contributed by atoms with Gasteiger partial charge in [0.25, 0.3) is 0 Å². The third kappa shape index (κ3) is 4.64. The lowest BCUT2D eigenvalue weighted by Gasteiger charge is -2.32. The van der Waals surface area contributed by atoms with Crippen molar-refractivity contribution in [1.29, 1.82) is 0 Å². The molecule has 3 heterocycles.